The smallest absolute Gasteiger partial charge is 0.349 e. The Morgan fingerprint density at radius 3 is 2.68 bits per heavy atom. The van der Waals surface area contributed by atoms with Gasteiger partial charge in [-0.1, -0.05) is 30.3 Å². The topological polar surface area (TPSA) is 109 Å². The number of carbonyl (C=O) groups is 3. The number of esters is 2. The molecule has 180 valence electrons. The maximum absolute atomic E-state index is 13.1. The molecule has 1 aliphatic rings. The van der Waals surface area contributed by atoms with Gasteiger partial charge in [0.1, 0.15) is 16.5 Å². The van der Waals surface area contributed by atoms with Crippen LogP contribution in [0.25, 0.3) is 0 Å². The van der Waals surface area contributed by atoms with Crippen LogP contribution in [0.2, 0.25) is 0 Å². The number of hydrogen-bond donors (Lipinski definition) is 1. The summed E-state index contributed by atoms with van der Waals surface area (Å²) in [5.41, 5.74) is 1.46. The summed E-state index contributed by atoms with van der Waals surface area (Å²) in [4.78, 5) is 40.9. The lowest BCUT2D eigenvalue weighted by Crippen LogP contribution is -2.41. The molecule has 3 rings (SSSR count). The van der Waals surface area contributed by atoms with E-state index < -0.39 is 11.9 Å². The minimum atomic E-state index is -0.590. The van der Waals surface area contributed by atoms with Gasteiger partial charge in [-0.05, 0) is 44.4 Å². The van der Waals surface area contributed by atoms with Gasteiger partial charge < -0.3 is 19.7 Å². The Hall–Kier alpha value is -3.22. The minimum Gasteiger partial charge on any atom is -0.462 e. The Bertz CT molecular complexity index is 1060. The zero-order valence-corrected chi connectivity index (χ0v) is 20.3. The number of nitriles is 1. The highest BCUT2D eigenvalue weighted by molar-refractivity contribution is 7.18. The van der Waals surface area contributed by atoms with Crippen LogP contribution in [0.1, 0.15) is 57.3 Å². The fourth-order valence-electron chi connectivity index (χ4n) is 3.93. The standard InChI is InChI=1S/C25H29N3O5S/c1-3-32-24(30)20-17(2)21(25(31)33-16-18-9-5-4-6-10-18)34-23(20)27-22(29)19-11-7-13-28(15-19)14-8-12-26/h4-6,9-10,19H,3,7-8,11,13-16H2,1-2H3,(H,27,29). The lowest BCUT2D eigenvalue weighted by molar-refractivity contribution is -0.121. The van der Waals surface area contributed by atoms with Crippen molar-refractivity contribution in [1.29, 1.82) is 5.26 Å². The van der Waals surface area contributed by atoms with E-state index in [0.29, 0.717) is 30.1 Å². The van der Waals surface area contributed by atoms with E-state index >= 15 is 0 Å². The maximum atomic E-state index is 13.1. The van der Waals surface area contributed by atoms with Crippen LogP contribution in [0.5, 0.6) is 0 Å². The zero-order valence-electron chi connectivity index (χ0n) is 19.5. The van der Waals surface area contributed by atoms with Gasteiger partial charge >= 0.3 is 11.9 Å². The Labute approximate surface area is 203 Å². The summed E-state index contributed by atoms with van der Waals surface area (Å²) < 4.78 is 10.6. The molecule has 1 fully saturated rings. The molecule has 2 heterocycles. The van der Waals surface area contributed by atoms with Crippen molar-refractivity contribution < 1.29 is 23.9 Å². The molecule has 0 bridgehead atoms. The van der Waals surface area contributed by atoms with E-state index in [9.17, 15) is 14.4 Å². The van der Waals surface area contributed by atoms with Crippen molar-refractivity contribution in [2.24, 2.45) is 5.92 Å². The SMILES string of the molecule is CCOC(=O)c1c(NC(=O)C2CCCN(CCC#N)C2)sc(C(=O)OCc2ccccc2)c1C. The van der Waals surface area contributed by atoms with Crippen molar-refractivity contribution in [2.45, 2.75) is 39.7 Å². The van der Waals surface area contributed by atoms with Crippen LogP contribution in [-0.2, 0) is 20.9 Å². The highest BCUT2D eigenvalue weighted by Gasteiger charge is 2.30. The molecule has 1 aliphatic heterocycles. The van der Waals surface area contributed by atoms with Gasteiger partial charge in [-0.3, -0.25) is 4.79 Å². The first kappa shape index (κ1) is 25.4. The van der Waals surface area contributed by atoms with E-state index in [-0.39, 0.29) is 35.5 Å². The van der Waals surface area contributed by atoms with Gasteiger partial charge in [0.15, 0.2) is 0 Å². The van der Waals surface area contributed by atoms with Gasteiger partial charge in [-0.25, -0.2) is 9.59 Å². The predicted molar refractivity (Wildman–Crippen MR) is 129 cm³/mol. The van der Waals surface area contributed by atoms with E-state index in [1.165, 1.54) is 0 Å². The number of rotatable bonds is 9. The normalized spacial score (nSPS) is 15.9. The summed E-state index contributed by atoms with van der Waals surface area (Å²) in [6.07, 6.45) is 1.99. The van der Waals surface area contributed by atoms with Crippen molar-refractivity contribution in [2.75, 3.05) is 31.6 Å². The second-order valence-electron chi connectivity index (χ2n) is 8.08. The first-order valence-corrected chi connectivity index (χ1v) is 12.2. The first-order valence-electron chi connectivity index (χ1n) is 11.4. The number of anilines is 1. The second-order valence-corrected chi connectivity index (χ2v) is 9.10. The van der Waals surface area contributed by atoms with Crippen molar-refractivity contribution >= 4 is 34.2 Å². The molecule has 1 saturated heterocycles. The summed E-state index contributed by atoms with van der Waals surface area (Å²) in [5, 5.41) is 12.0. The third-order valence-corrected chi connectivity index (χ3v) is 6.86. The zero-order chi connectivity index (χ0) is 24.5. The quantitative estimate of drug-likeness (QED) is 0.534. The van der Waals surface area contributed by atoms with Crippen LogP contribution in [0.4, 0.5) is 5.00 Å². The molecule has 8 nitrogen and oxygen atoms in total. The third kappa shape index (κ3) is 6.43. The van der Waals surface area contributed by atoms with Crippen molar-refractivity contribution in [1.82, 2.24) is 4.90 Å². The molecule has 1 aromatic heterocycles. The monoisotopic (exact) mass is 483 g/mol. The van der Waals surface area contributed by atoms with E-state index in [4.69, 9.17) is 14.7 Å². The van der Waals surface area contributed by atoms with E-state index in [0.717, 1.165) is 36.3 Å². The molecule has 0 saturated carbocycles. The fraction of sp³-hybridized carbons (Fsp3) is 0.440. The maximum Gasteiger partial charge on any atom is 0.349 e. The van der Waals surface area contributed by atoms with Crippen molar-refractivity contribution in [3.05, 3.63) is 51.9 Å². The summed E-state index contributed by atoms with van der Waals surface area (Å²) in [6, 6.07) is 11.4. The van der Waals surface area contributed by atoms with E-state index in [1.807, 2.05) is 30.3 Å². The Morgan fingerprint density at radius 2 is 1.97 bits per heavy atom. The second kappa shape index (κ2) is 12.3. The number of nitrogens with zero attached hydrogens (tertiary/aromatic N) is 2. The Kier molecular flexibility index (Phi) is 9.19. The molecule has 2 aromatic rings. The lowest BCUT2D eigenvalue weighted by Gasteiger charge is -2.31. The fourth-order valence-corrected chi connectivity index (χ4v) is 5.02. The summed E-state index contributed by atoms with van der Waals surface area (Å²) in [5.74, 6) is -1.62. The van der Waals surface area contributed by atoms with Gasteiger partial charge in [0, 0.05) is 19.5 Å². The molecule has 0 aliphatic carbocycles. The number of nitrogens with one attached hydrogen (secondary N) is 1. The van der Waals surface area contributed by atoms with Crippen LogP contribution in [-0.4, -0.2) is 49.0 Å². The molecule has 0 spiro atoms. The number of likely N-dealkylation sites (tertiary alicyclic amines) is 1. The van der Waals surface area contributed by atoms with Crippen LogP contribution in [0, 0.1) is 24.2 Å². The highest BCUT2D eigenvalue weighted by atomic mass is 32.1. The number of thiophene rings is 1. The van der Waals surface area contributed by atoms with Crippen LogP contribution in [0.3, 0.4) is 0 Å². The molecule has 1 atom stereocenters. The number of benzene rings is 1. The number of hydrogen-bond acceptors (Lipinski definition) is 8. The lowest BCUT2D eigenvalue weighted by atomic mass is 9.97. The molecule has 1 aromatic carbocycles. The summed E-state index contributed by atoms with van der Waals surface area (Å²) in [7, 11) is 0. The molecule has 9 heteroatoms. The average Bonchev–Trinajstić information content (AvgIpc) is 3.17. The number of piperidine rings is 1. The summed E-state index contributed by atoms with van der Waals surface area (Å²) >= 11 is 1.03. The van der Waals surface area contributed by atoms with Crippen LogP contribution in [0.15, 0.2) is 30.3 Å². The van der Waals surface area contributed by atoms with Gasteiger partial charge in [-0.15, -0.1) is 11.3 Å². The molecule has 0 radical (unpaired) electrons. The third-order valence-electron chi connectivity index (χ3n) is 5.68. The van der Waals surface area contributed by atoms with Crippen LogP contribution >= 0.6 is 11.3 Å². The largest absolute Gasteiger partial charge is 0.462 e. The summed E-state index contributed by atoms with van der Waals surface area (Å²) in [6.45, 7) is 5.67. The highest BCUT2D eigenvalue weighted by Crippen LogP contribution is 2.35. The predicted octanol–water partition coefficient (Wildman–Crippen LogP) is 4.15. The van der Waals surface area contributed by atoms with Crippen LogP contribution < -0.4 is 5.32 Å². The van der Waals surface area contributed by atoms with E-state index in [1.54, 1.807) is 13.8 Å². The Balaban J connectivity index is 1.77. The first-order chi connectivity index (χ1) is 16.4. The number of ether oxygens (including phenoxy) is 2. The minimum absolute atomic E-state index is 0.105. The molecule has 1 unspecified atom stereocenters. The number of amides is 1. The van der Waals surface area contributed by atoms with Gasteiger partial charge in [0.05, 0.1) is 24.2 Å². The van der Waals surface area contributed by atoms with Crippen molar-refractivity contribution in [3.8, 4) is 6.07 Å². The molecule has 1 N–H and O–H groups in total. The van der Waals surface area contributed by atoms with Crippen molar-refractivity contribution in [3.63, 3.8) is 0 Å². The van der Waals surface area contributed by atoms with Gasteiger partial charge in [-0.2, -0.15) is 5.26 Å². The molecule has 34 heavy (non-hydrogen) atoms. The molecular formula is C25H29N3O5S. The van der Waals surface area contributed by atoms with Gasteiger partial charge in [0.2, 0.25) is 5.91 Å². The molecular weight excluding hydrogens is 454 g/mol. The van der Waals surface area contributed by atoms with Gasteiger partial charge in [0.25, 0.3) is 0 Å². The average molecular weight is 484 g/mol. The molecule has 1 amide bonds. The Morgan fingerprint density at radius 1 is 1.21 bits per heavy atom. The van der Waals surface area contributed by atoms with E-state index in [2.05, 4.69) is 16.3 Å². The number of carbonyl (C=O) groups excluding carboxylic acids is 3.